The van der Waals surface area contributed by atoms with Gasteiger partial charge >= 0.3 is 11.9 Å². The number of benzene rings is 1. The number of esters is 1. The van der Waals surface area contributed by atoms with E-state index >= 15 is 0 Å². The lowest BCUT2D eigenvalue weighted by atomic mass is 10.1. The van der Waals surface area contributed by atoms with Crippen molar-refractivity contribution in [2.75, 3.05) is 0 Å². The first-order valence-corrected chi connectivity index (χ1v) is 6.19. The van der Waals surface area contributed by atoms with Crippen molar-refractivity contribution < 1.29 is 19.4 Å². The second kappa shape index (κ2) is 9.55. The molecule has 108 valence electrons. The summed E-state index contributed by atoms with van der Waals surface area (Å²) in [6, 6.07) is 9.69. The van der Waals surface area contributed by atoms with Gasteiger partial charge in [0.25, 0.3) is 0 Å². The predicted molar refractivity (Wildman–Crippen MR) is 78.2 cm³/mol. The number of aliphatic carboxylic acids is 1. The Morgan fingerprint density at radius 1 is 1.35 bits per heavy atom. The van der Waals surface area contributed by atoms with Crippen LogP contribution in [-0.2, 0) is 14.3 Å². The summed E-state index contributed by atoms with van der Waals surface area (Å²) >= 11 is 0. The zero-order chi connectivity index (χ0) is 15.5. The quantitative estimate of drug-likeness (QED) is 0.660. The number of rotatable bonds is 5. The maximum Gasteiger partial charge on any atom is 0.330 e. The van der Waals surface area contributed by atoms with E-state index in [1.807, 2.05) is 37.3 Å². The van der Waals surface area contributed by atoms with Crippen LogP contribution < -0.4 is 0 Å². The van der Waals surface area contributed by atoms with E-state index in [4.69, 9.17) is 9.84 Å². The monoisotopic (exact) mass is 276 g/mol. The van der Waals surface area contributed by atoms with Crippen molar-refractivity contribution in [3.05, 3.63) is 60.7 Å². The summed E-state index contributed by atoms with van der Waals surface area (Å²) in [6.07, 6.45) is 1.79. The highest BCUT2D eigenvalue weighted by atomic mass is 16.5. The van der Waals surface area contributed by atoms with Crippen LogP contribution >= 0.6 is 0 Å². The number of hydrogen-bond acceptors (Lipinski definition) is 3. The van der Waals surface area contributed by atoms with E-state index in [-0.39, 0.29) is 17.6 Å². The molecule has 0 aliphatic rings. The summed E-state index contributed by atoms with van der Waals surface area (Å²) in [7, 11) is 0. The molecule has 1 unspecified atom stereocenters. The third kappa shape index (κ3) is 7.16. The molecule has 0 aliphatic carbocycles. The summed E-state index contributed by atoms with van der Waals surface area (Å²) < 4.78 is 5.18. The predicted octanol–water partition coefficient (Wildman–Crippen LogP) is 3.51. The minimum Gasteiger partial charge on any atom is -0.478 e. The molecule has 1 aromatic rings. The summed E-state index contributed by atoms with van der Waals surface area (Å²) in [5.41, 5.74) is 1.19. The Morgan fingerprint density at radius 2 is 1.85 bits per heavy atom. The standard InChI is InChI=1S/C12H14O2.C4H6O2/c1-3-11(14-12(13)4-2)10-8-6-5-7-9-10;1-3(2)4(5)6/h4-9,11H,2-3H2,1H3;1H2,2H3,(H,5,6). The zero-order valence-corrected chi connectivity index (χ0v) is 11.8. The lowest BCUT2D eigenvalue weighted by Gasteiger charge is -2.14. The van der Waals surface area contributed by atoms with E-state index < -0.39 is 5.97 Å². The van der Waals surface area contributed by atoms with Crippen molar-refractivity contribution in [1.82, 2.24) is 0 Å². The average molecular weight is 276 g/mol. The fourth-order valence-electron chi connectivity index (χ4n) is 1.24. The number of carbonyl (C=O) groups excluding carboxylic acids is 1. The van der Waals surface area contributed by atoms with Crippen LogP contribution in [-0.4, -0.2) is 17.0 Å². The molecule has 1 rings (SSSR count). The van der Waals surface area contributed by atoms with Crippen LogP contribution in [0.3, 0.4) is 0 Å². The Morgan fingerprint density at radius 3 is 2.20 bits per heavy atom. The highest BCUT2D eigenvalue weighted by Gasteiger charge is 2.11. The maximum absolute atomic E-state index is 11.0. The van der Waals surface area contributed by atoms with Crippen LogP contribution in [0.4, 0.5) is 0 Å². The van der Waals surface area contributed by atoms with Gasteiger partial charge in [0.15, 0.2) is 0 Å². The Hall–Kier alpha value is -2.36. The van der Waals surface area contributed by atoms with Gasteiger partial charge in [-0.15, -0.1) is 0 Å². The molecule has 0 aliphatic heterocycles. The number of ether oxygens (including phenoxy) is 1. The molecule has 0 bridgehead atoms. The summed E-state index contributed by atoms with van der Waals surface area (Å²) in [5.74, 6) is -1.31. The van der Waals surface area contributed by atoms with E-state index in [0.717, 1.165) is 12.0 Å². The fraction of sp³-hybridized carbons (Fsp3) is 0.250. The molecule has 0 fully saturated rings. The minimum absolute atomic E-state index is 0.165. The minimum atomic E-state index is -0.935. The molecule has 1 aromatic carbocycles. The molecule has 0 radical (unpaired) electrons. The molecular weight excluding hydrogens is 256 g/mol. The molecule has 20 heavy (non-hydrogen) atoms. The lowest BCUT2D eigenvalue weighted by molar-refractivity contribution is -0.143. The maximum atomic E-state index is 11.0. The molecule has 0 saturated heterocycles. The summed E-state index contributed by atoms with van der Waals surface area (Å²) in [5, 5.41) is 7.89. The van der Waals surface area contributed by atoms with Gasteiger partial charge in [0.05, 0.1) is 0 Å². The molecule has 4 nitrogen and oxygen atoms in total. The first-order valence-electron chi connectivity index (χ1n) is 6.19. The van der Waals surface area contributed by atoms with Gasteiger partial charge in [-0.05, 0) is 18.9 Å². The lowest BCUT2D eigenvalue weighted by Crippen LogP contribution is -2.08. The Kier molecular flexibility index (Phi) is 8.43. The van der Waals surface area contributed by atoms with Gasteiger partial charge in [0, 0.05) is 11.6 Å². The highest BCUT2D eigenvalue weighted by Crippen LogP contribution is 2.20. The third-order valence-electron chi connectivity index (χ3n) is 2.33. The van der Waals surface area contributed by atoms with Crippen molar-refractivity contribution in [3.63, 3.8) is 0 Å². The fourth-order valence-corrected chi connectivity index (χ4v) is 1.24. The Bertz CT molecular complexity index is 451. The largest absolute Gasteiger partial charge is 0.478 e. The number of carboxylic acids is 1. The van der Waals surface area contributed by atoms with E-state index in [1.54, 1.807) is 0 Å². The summed E-state index contributed by atoms with van der Waals surface area (Å²) in [6.45, 7) is 9.95. The van der Waals surface area contributed by atoms with Crippen molar-refractivity contribution in [2.45, 2.75) is 26.4 Å². The zero-order valence-electron chi connectivity index (χ0n) is 11.8. The van der Waals surface area contributed by atoms with E-state index in [0.29, 0.717) is 0 Å². The smallest absolute Gasteiger partial charge is 0.330 e. The number of carbonyl (C=O) groups is 2. The molecule has 0 spiro atoms. The van der Waals surface area contributed by atoms with Gasteiger partial charge in [-0.1, -0.05) is 50.4 Å². The van der Waals surface area contributed by atoms with Crippen LogP contribution in [0.1, 0.15) is 31.9 Å². The molecule has 4 heteroatoms. The SMILES string of the molecule is C=C(C)C(=O)O.C=CC(=O)OC(CC)c1ccccc1. The van der Waals surface area contributed by atoms with Crippen molar-refractivity contribution in [1.29, 1.82) is 0 Å². The second-order valence-electron chi connectivity index (χ2n) is 4.03. The summed E-state index contributed by atoms with van der Waals surface area (Å²) in [4.78, 5) is 20.6. The molecule has 0 aromatic heterocycles. The molecular formula is C16H20O4. The van der Waals surface area contributed by atoms with Crippen molar-refractivity contribution >= 4 is 11.9 Å². The van der Waals surface area contributed by atoms with Crippen molar-refractivity contribution in [2.24, 2.45) is 0 Å². The average Bonchev–Trinajstić information content (AvgIpc) is 2.45. The first-order chi connectivity index (χ1) is 9.42. The normalized spacial score (nSPS) is 10.5. The van der Waals surface area contributed by atoms with Gasteiger partial charge in [-0.25, -0.2) is 9.59 Å². The van der Waals surface area contributed by atoms with Gasteiger partial charge in [-0.3, -0.25) is 0 Å². The highest BCUT2D eigenvalue weighted by molar-refractivity contribution is 5.84. The molecule has 1 atom stereocenters. The van der Waals surface area contributed by atoms with Crippen LogP contribution in [0.5, 0.6) is 0 Å². The van der Waals surface area contributed by atoms with Gasteiger partial charge in [0.2, 0.25) is 0 Å². The van der Waals surface area contributed by atoms with Crippen LogP contribution in [0, 0.1) is 0 Å². The molecule has 0 saturated carbocycles. The van der Waals surface area contributed by atoms with E-state index in [9.17, 15) is 9.59 Å². The van der Waals surface area contributed by atoms with Gasteiger partial charge < -0.3 is 9.84 Å². The topological polar surface area (TPSA) is 63.6 Å². The van der Waals surface area contributed by atoms with Gasteiger partial charge in [-0.2, -0.15) is 0 Å². The number of carboxylic acid groups (broad SMARTS) is 1. The van der Waals surface area contributed by atoms with E-state index in [2.05, 4.69) is 13.2 Å². The van der Waals surface area contributed by atoms with Crippen LogP contribution in [0.25, 0.3) is 0 Å². The third-order valence-corrected chi connectivity index (χ3v) is 2.33. The molecule has 1 N–H and O–H groups in total. The molecule has 0 amide bonds. The van der Waals surface area contributed by atoms with Crippen molar-refractivity contribution in [3.8, 4) is 0 Å². The second-order valence-corrected chi connectivity index (χ2v) is 4.03. The Labute approximate surface area is 119 Å². The Balaban J connectivity index is 0.000000511. The first kappa shape index (κ1) is 17.6. The van der Waals surface area contributed by atoms with Crippen LogP contribution in [0.15, 0.2) is 55.1 Å². The number of hydrogen-bond donors (Lipinski definition) is 1. The van der Waals surface area contributed by atoms with Gasteiger partial charge in [0.1, 0.15) is 6.10 Å². The molecule has 0 heterocycles. The van der Waals surface area contributed by atoms with E-state index in [1.165, 1.54) is 13.0 Å². The van der Waals surface area contributed by atoms with Crippen LogP contribution in [0.2, 0.25) is 0 Å².